The summed E-state index contributed by atoms with van der Waals surface area (Å²) in [6.07, 6.45) is -4.44. The molecule has 0 saturated carbocycles. The predicted octanol–water partition coefficient (Wildman–Crippen LogP) is 3.02. The van der Waals surface area contributed by atoms with Crippen LogP contribution in [0.3, 0.4) is 0 Å². The average Bonchev–Trinajstić information content (AvgIpc) is 2.52. The third-order valence-electron chi connectivity index (χ3n) is 3.90. The summed E-state index contributed by atoms with van der Waals surface area (Å²) in [7, 11) is 1.32. The van der Waals surface area contributed by atoms with Crippen molar-refractivity contribution in [2.45, 2.75) is 18.6 Å². The van der Waals surface area contributed by atoms with Gasteiger partial charge in [-0.1, -0.05) is 6.07 Å². The van der Waals surface area contributed by atoms with Crippen molar-refractivity contribution >= 4 is 0 Å². The lowest BCUT2D eigenvalue weighted by molar-refractivity contribution is -0.139. The minimum Gasteiger partial charge on any atom is -0.497 e. The van der Waals surface area contributed by atoms with Crippen LogP contribution in [0.1, 0.15) is 23.6 Å². The first kappa shape index (κ1) is 17.0. The number of hydrogen-bond donors (Lipinski definition) is 1. The zero-order valence-electron chi connectivity index (χ0n) is 12.4. The molecule has 0 radical (unpaired) electrons. The fraction of sp³-hybridized carbons (Fsp3) is 0.600. The molecule has 0 spiro atoms. The zero-order valence-corrected chi connectivity index (χ0v) is 12.4. The van der Waals surface area contributed by atoms with E-state index in [0.29, 0.717) is 26.2 Å². The summed E-state index contributed by atoms with van der Waals surface area (Å²) >= 11 is 0. The molecule has 0 bridgehead atoms. The minimum atomic E-state index is -4.49. The lowest BCUT2D eigenvalue weighted by atomic mass is 9.95. The van der Waals surface area contributed by atoms with E-state index >= 15 is 0 Å². The van der Waals surface area contributed by atoms with Gasteiger partial charge in [0, 0.05) is 32.2 Å². The second-order valence-corrected chi connectivity index (χ2v) is 5.23. The summed E-state index contributed by atoms with van der Waals surface area (Å²) in [6, 6.07) is 3.32. The predicted molar refractivity (Wildman–Crippen MR) is 75.8 cm³/mol. The Morgan fingerprint density at radius 3 is 2.50 bits per heavy atom. The van der Waals surface area contributed by atoms with Crippen molar-refractivity contribution in [1.82, 2.24) is 10.2 Å². The molecule has 2 rings (SSSR count). The van der Waals surface area contributed by atoms with Crippen molar-refractivity contribution in [3.8, 4) is 5.75 Å². The quantitative estimate of drug-likeness (QED) is 0.844. The van der Waals surface area contributed by atoms with Crippen molar-refractivity contribution in [2.24, 2.45) is 0 Å². The SMILES string of the molecule is COc1ccc([C@@H](CCF)N2CCNCC2)c(C(F)(F)F)c1. The van der Waals surface area contributed by atoms with E-state index < -0.39 is 24.5 Å². The number of nitrogens with one attached hydrogen (secondary N) is 1. The molecule has 0 unspecified atom stereocenters. The van der Waals surface area contributed by atoms with Crippen LogP contribution in [0.15, 0.2) is 18.2 Å². The second-order valence-electron chi connectivity index (χ2n) is 5.23. The fourth-order valence-corrected chi connectivity index (χ4v) is 2.83. The van der Waals surface area contributed by atoms with Gasteiger partial charge in [-0.25, -0.2) is 0 Å². The molecule has 1 saturated heterocycles. The summed E-state index contributed by atoms with van der Waals surface area (Å²) in [5.74, 6) is 0.149. The lowest BCUT2D eigenvalue weighted by Gasteiger charge is -2.36. The number of ether oxygens (including phenoxy) is 1. The molecule has 124 valence electrons. The maximum absolute atomic E-state index is 13.4. The van der Waals surface area contributed by atoms with Gasteiger partial charge in [-0.05, 0) is 24.1 Å². The van der Waals surface area contributed by atoms with Gasteiger partial charge in [0.25, 0.3) is 0 Å². The molecule has 1 aliphatic heterocycles. The first-order valence-corrected chi connectivity index (χ1v) is 7.23. The average molecular weight is 320 g/mol. The van der Waals surface area contributed by atoms with Crippen LogP contribution in [0.4, 0.5) is 17.6 Å². The highest BCUT2D eigenvalue weighted by molar-refractivity contribution is 5.39. The Kier molecular flexibility index (Phi) is 5.63. The molecular formula is C15H20F4N2O. The number of halogens is 4. The summed E-state index contributed by atoms with van der Waals surface area (Å²) in [5.41, 5.74) is -0.628. The van der Waals surface area contributed by atoms with Crippen molar-refractivity contribution < 1.29 is 22.3 Å². The van der Waals surface area contributed by atoms with Gasteiger partial charge in [-0.15, -0.1) is 0 Å². The highest BCUT2D eigenvalue weighted by atomic mass is 19.4. The number of methoxy groups -OCH3 is 1. The summed E-state index contributed by atoms with van der Waals surface area (Å²) in [6.45, 7) is 1.94. The lowest BCUT2D eigenvalue weighted by Crippen LogP contribution is -2.45. The van der Waals surface area contributed by atoms with E-state index in [9.17, 15) is 17.6 Å². The van der Waals surface area contributed by atoms with Gasteiger partial charge in [0.05, 0.1) is 19.3 Å². The summed E-state index contributed by atoms with van der Waals surface area (Å²) in [5, 5.41) is 3.15. The van der Waals surface area contributed by atoms with Gasteiger partial charge in [-0.3, -0.25) is 9.29 Å². The number of rotatable bonds is 5. The van der Waals surface area contributed by atoms with Gasteiger partial charge in [0.1, 0.15) is 5.75 Å². The van der Waals surface area contributed by atoms with Gasteiger partial charge in [0.15, 0.2) is 0 Å². The Morgan fingerprint density at radius 2 is 1.95 bits per heavy atom. The Labute approximate surface area is 127 Å². The van der Waals surface area contributed by atoms with Gasteiger partial charge < -0.3 is 10.1 Å². The number of benzene rings is 1. The van der Waals surface area contributed by atoms with E-state index in [0.717, 1.165) is 6.07 Å². The molecule has 1 N–H and O–H groups in total. The van der Waals surface area contributed by atoms with Crippen LogP contribution in [0.2, 0.25) is 0 Å². The second kappa shape index (κ2) is 7.28. The Balaban J connectivity index is 2.41. The third-order valence-corrected chi connectivity index (χ3v) is 3.90. The Hall–Kier alpha value is -1.34. The number of nitrogens with zero attached hydrogens (tertiary/aromatic N) is 1. The highest BCUT2D eigenvalue weighted by Crippen LogP contribution is 2.39. The molecule has 1 heterocycles. The molecule has 1 aromatic rings. The zero-order chi connectivity index (χ0) is 16.2. The van der Waals surface area contributed by atoms with Crippen LogP contribution in [-0.4, -0.2) is 44.9 Å². The van der Waals surface area contributed by atoms with Gasteiger partial charge in [0.2, 0.25) is 0 Å². The van der Waals surface area contributed by atoms with Crippen molar-refractivity contribution in [2.75, 3.05) is 40.0 Å². The topological polar surface area (TPSA) is 24.5 Å². The van der Waals surface area contributed by atoms with E-state index in [1.807, 2.05) is 4.90 Å². The molecule has 0 aromatic heterocycles. The number of hydrogen-bond acceptors (Lipinski definition) is 3. The van der Waals surface area contributed by atoms with E-state index in [-0.39, 0.29) is 17.7 Å². The Bertz CT molecular complexity index is 487. The monoisotopic (exact) mass is 320 g/mol. The molecule has 0 aliphatic carbocycles. The maximum Gasteiger partial charge on any atom is 0.416 e. The summed E-state index contributed by atoms with van der Waals surface area (Å²) < 4.78 is 57.9. The van der Waals surface area contributed by atoms with Gasteiger partial charge in [-0.2, -0.15) is 13.2 Å². The fourth-order valence-electron chi connectivity index (χ4n) is 2.83. The van der Waals surface area contributed by atoms with Crippen molar-refractivity contribution in [1.29, 1.82) is 0 Å². The van der Waals surface area contributed by atoms with Crippen molar-refractivity contribution in [3.05, 3.63) is 29.3 Å². The van der Waals surface area contributed by atoms with Crippen LogP contribution < -0.4 is 10.1 Å². The minimum absolute atomic E-state index is 0.0510. The van der Waals surface area contributed by atoms with E-state index in [1.165, 1.54) is 19.2 Å². The van der Waals surface area contributed by atoms with Crippen LogP contribution in [0.5, 0.6) is 5.75 Å². The van der Waals surface area contributed by atoms with Crippen molar-refractivity contribution in [3.63, 3.8) is 0 Å². The molecule has 1 aliphatic rings. The molecule has 22 heavy (non-hydrogen) atoms. The first-order chi connectivity index (χ1) is 10.5. The molecule has 7 heteroatoms. The standard InChI is InChI=1S/C15H20F4N2O/c1-22-11-2-3-12(13(10-11)15(17,18)19)14(4-5-16)21-8-6-20-7-9-21/h2-3,10,14,20H,4-9H2,1H3/t14-/m1/s1. The number of piperazine rings is 1. The third kappa shape index (κ3) is 3.89. The van der Waals surface area contributed by atoms with E-state index in [2.05, 4.69) is 5.32 Å². The molecule has 3 nitrogen and oxygen atoms in total. The van der Waals surface area contributed by atoms with Gasteiger partial charge >= 0.3 is 6.18 Å². The van der Waals surface area contributed by atoms with Crippen LogP contribution in [-0.2, 0) is 6.18 Å². The Morgan fingerprint density at radius 1 is 1.27 bits per heavy atom. The first-order valence-electron chi connectivity index (χ1n) is 7.23. The highest BCUT2D eigenvalue weighted by Gasteiger charge is 2.37. The normalized spacial score (nSPS) is 18.2. The van der Waals surface area contributed by atoms with E-state index in [4.69, 9.17) is 4.74 Å². The smallest absolute Gasteiger partial charge is 0.416 e. The van der Waals surface area contributed by atoms with Crippen LogP contribution >= 0.6 is 0 Å². The molecule has 1 aromatic carbocycles. The van der Waals surface area contributed by atoms with E-state index in [1.54, 1.807) is 0 Å². The molecule has 1 atom stereocenters. The number of alkyl halides is 4. The molecular weight excluding hydrogens is 300 g/mol. The maximum atomic E-state index is 13.4. The molecule has 0 amide bonds. The molecule has 1 fully saturated rings. The summed E-state index contributed by atoms with van der Waals surface area (Å²) in [4.78, 5) is 1.91. The van der Waals surface area contributed by atoms with Crippen LogP contribution in [0.25, 0.3) is 0 Å². The van der Waals surface area contributed by atoms with Crippen LogP contribution in [0, 0.1) is 0 Å². The largest absolute Gasteiger partial charge is 0.497 e.